The maximum Gasteiger partial charge on any atom is 0.0527 e. The van der Waals surface area contributed by atoms with Crippen molar-refractivity contribution in [3.63, 3.8) is 0 Å². The molecular weight excluding hydrogens is 254 g/mol. The summed E-state index contributed by atoms with van der Waals surface area (Å²) in [4.78, 5) is 5.57. The molecule has 19 heavy (non-hydrogen) atoms. The molecule has 1 N–H and O–H groups in total. The van der Waals surface area contributed by atoms with E-state index in [9.17, 15) is 5.11 Å². The van der Waals surface area contributed by atoms with Gasteiger partial charge < -0.3 is 5.11 Å². The number of aryl methyl sites for hydroxylation is 1. The molecule has 0 saturated carbocycles. The van der Waals surface area contributed by atoms with Crippen molar-refractivity contribution in [3.8, 4) is 0 Å². The number of aliphatic hydroxyl groups excluding tert-OH is 1. The number of rotatable bonds is 5. The third kappa shape index (κ3) is 4.59. The van der Waals surface area contributed by atoms with Crippen LogP contribution in [0.3, 0.4) is 0 Å². The number of thiophene rings is 1. The SMILES string of the molecule is CCc1ccc(CN2CCCCCC2CC(C)O)s1. The van der Waals surface area contributed by atoms with Crippen molar-refractivity contribution in [3.05, 3.63) is 21.9 Å². The van der Waals surface area contributed by atoms with Crippen LogP contribution in [0.2, 0.25) is 0 Å². The lowest BCUT2D eigenvalue weighted by atomic mass is 10.0. The van der Waals surface area contributed by atoms with Gasteiger partial charge >= 0.3 is 0 Å². The van der Waals surface area contributed by atoms with Crippen molar-refractivity contribution < 1.29 is 5.11 Å². The van der Waals surface area contributed by atoms with Gasteiger partial charge in [-0.2, -0.15) is 0 Å². The van der Waals surface area contributed by atoms with E-state index in [0.717, 1.165) is 19.4 Å². The molecule has 2 heterocycles. The van der Waals surface area contributed by atoms with Crippen LogP contribution in [0.5, 0.6) is 0 Å². The van der Waals surface area contributed by atoms with Gasteiger partial charge in [0.1, 0.15) is 0 Å². The van der Waals surface area contributed by atoms with E-state index in [4.69, 9.17) is 0 Å². The van der Waals surface area contributed by atoms with Crippen LogP contribution in [-0.4, -0.2) is 28.7 Å². The first-order chi connectivity index (χ1) is 9.19. The van der Waals surface area contributed by atoms with E-state index in [1.54, 1.807) is 0 Å². The lowest BCUT2D eigenvalue weighted by molar-refractivity contribution is 0.109. The third-order valence-electron chi connectivity index (χ3n) is 4.04. The Morgan fingerprint density at radius 1 is 1.32 bits per heavy atom. The van der Waals surface area contributed by atoms with Gasteiger partial charge in [-0.1, -0.05) is 19.8 Å². The van der Waals surface area contributed by atoms with E-state index in [1.165, 1.54) is 42.0 Å². The zero-order valence-electron chi connectivity index (χ0n) is 12.3. The predicted octanol–water partition coefficient (Wildman–Crippen LogP) is 3.83. The summed E-state index contributed by atoms with van der Waals surface area (Å²) in [7, 11) is 0. The summed E-state index contributed by atoms with van der Waals surface area (Å²) in [6, 6.07) is 5.12. The monoisotopic (exact) mass is 281 g/mol. The Morgan fingerprint density at radius 2 is 2.11 bits per heavy atom. The summed E-state index contributed by atoms with van der Waals surface area (Å²) < 4.78 is 0. The van der Waals surface area contributed by atoms with E-state index in [0.29, 0.717) is 6.04 Å². The fourth-order valence-electron chi connectivity index (χ4n) is 3.00. The number of hydrogen-bond donors (Lipinski definition) is 1. The molecule has 2 unspecified atom stereocenters. The van der Waals surface area contributed by atoms with Crippen molar-refractivity contribution in [2.24, 2.45) is 0 Å². The lowest BCUT2D eigenvalue weighted by Crippen LogP contribution is -2.36. The van der Waals surface area contributed by atoms with Crippen molar-refractivity contribution in [2.45, 2.75) is 71.1 Å². The lowest BCUT2D eigenvalue weighted by Gasteiger charge is -2.30. The van der Waals surface area contributed by atoms with Crippen LogP contribution in [-0.2, 0) is 13.0 Å². The molecule has 1 fully saturated rings. The average molecular weight is 281 g/mol. The topological polar surface area (TPSA) is 23.5 Å². The summed E-state index contributed by atoms with van der Waals surface area (Å²) in [6.45, 7) is 6.40. The molecule has 0 amide bonds. The maximum absolute atomic E-state index is 9.70. The Kier molecular flexibility index (Phi) is 5.86. The fraction of sp³-hybridized carbons (Fsp3) is 0.750. The Morgan fingerprint density at radius 3 is 2.79 bits per heavy atom. The molecule has 2 nitrogen and oxygen atoms in total. The molecule has 1 aliphatic heterocycles. The van der Waals surface area contributed by atoms with Gasteiger partial charge in [-0.25, -0.2) is 0 Å². The standard InChI is InChI=1S/C16H27NOS/c1-3-15-8-9-16(19-15)12-17-10-6-4-5-7-14(17)11-13(2)18/h8-9,13-14,18H,3-7,10-12H2,1-2H3. The van der Waals surface area contributed by atoms with Crippen molar-refractivity contribution in [2.75, 3.05) is 6.54 Å². The summed E-state index contributed by atoms with van der Waals surface area (Å²) in [5.74, 6) is 0. The Bertz CT molecular complexity index is 375. The van der Waals surface area contributed by atoms with Crippen LogP contribution in [0.1, 0.15) is 55.7 Å². The minimum atomic E-state index is -0.180. The molecule has 0 aromatic carbocycles. The molecule has 1 aliphatic rings. The first-order valence-corrected chi connectivity index (χ1v) is 8.50. The second-order valence-electron chi connectivity index (χ2n) is 5.78. The quantitative estimate of drug-likeness (QED) is 0.886. The van der Waals surface area contributed by atoms with Crippen molar-refractivity contribution in [1.29, 1.82) is 0 Å². The van der Waals surface area contributed by atoms with Crippen molar-refractivity contribution in [1.82, 2.24) is 4.90 Å². The molecule has 108 valence electrons. The average Bonchev–Trinajstić information content (AvgIpc) is 2.72. The molecule has 0 radical (unpaired) electrons. The highest BCUT2D eigenvalue weighted by atomic mass is 32.1. The maximum atomic E-state index is 9.70. The summed E-state index contributed by atoms with van der Waals surface area (Å²) >= 11 is 1.95. The minimum absolute atomic E-state index is 0.180. The van der Waals surface area contributed by atoms with Gasteiger partial charge in [0.05, 0.1) is 6.10 Å². The van der Waals surface area contributed by atoms with Gasteiger partial charge in [0.15, 0.2) is 0 Å². The van der Waals surface area contributed by atoms with E-state index in [-0.39, 0.29) is 6.10 Å². The smallest absolute Gasteiger partial charge is 0.0527 e. The molecule has 2 atom stereocenters. The van der Waals surface area contributed by atoms with Crippen LogP contribution < -0.4 is 0 Å². The zero-order chi connectivity index (χ0) is 13.7. The number of likely N-dealkylation sites (tertiary alicyclic amines) is 1. The molecule has 0 bridgehead atoms. The zero-order valence-corrected chi connectivity index (χ0v) is 13.1. The van der Waals surface area contributed by atoms with Crippen LogP contribution in [0.4, 0.5) is 0 Å². The molecule has 0 aliphatic carbocycles. The minimum Gasteiger partial charge on any atom is -0.393 e. The van der Waals surface area contributed by atoms with Gasteiger partial charge in [0.25, 0.3) is 0 Å². The number of nitrogens with zero attached hydrogens (tertiary/aromatic N) is 1. The van der Waals surface area contributed by atoms with E-state index >= 15 is 0 Å². The first-order valence-electron chi connectivity index (χ1n) is 7.68. The predicted molar refractivity (Wildman–Crippen MR) is 82.7 cm³/mol. The molecule has 3 heteroatoms. The Balaban J connectivity index is 2.00. The molecule has 1 aromatic heterocycles. The van der Waals surface area contributed by atoms with Crippen molar-refractivity contribution >= 4 is 11.3 Å². The van der Waals surface area contributed by atoms with Gasteiger partial charge in [-0.3, -0.25) is 4.90 Å². The van der Waals surface area contributed by atoms with E-state index in [1.807, 2.05) is 18.3 Å². The molecule has 2 rings (SSSR count). The highest BCUT2D eigenvalue weighted by Crippen LogP contribution is 2.25. The Labute approximate surface area is 121 Å². The van der Waals surface area contributed by atoms with Crippen LogP contribution in [0, 0.1) is 0 Å². The number of hydrogen-bond acceptors (Lipinski definition) is 3. The van der Waals surface area contributed by atoms with Crippen LogP contribution in [0.15, 0.2) is 12.1 Å². The summed E-state index contributed by atoms with van der Waals surface area (Å²) in [5, 5.41) is 9.70. The largest absolute Gasteiger partial charge is 0.393 e. The highest BCUT2D eigenvalue weighted by Gasteiger charge is 2.22. The van der Waals surface area contributed by atoms with E-state index < -0.39 is 0 Å². The second kappa shape index (κ2) is 7.41. The fourth-order valence-corrected chi connectivity index (χ4v) is 3.99. The molecule has 0 spiro atoms. The van der Waals surface area contributed by atoms with E-state index in [2.05, 4.69) is 24.0 Å². The summed E-state index contributed by atoms with van der Waals surface area (Å²) in [6.07, 6.45) is 7.10. The Hall–Kier alpha value is -0.380. The van der Waals surface area contributed by atoms with Gasteiger partial charge in [-0.15, -0.1) is 11.3 Å². The first kappa shape index (κ1) is 15.0. The molecule has 1 aromatic rings. The van der Waals surface area contributed by atoms with Gasteiger partial charge in [0, 0.05) is 22.3 Å². The van der Waals surface area contributed by atoms with Crippen LogP contribution >= 0.6 is 11.3 Å². The number of aliphatic hydroxyl groups is 1. The summed E-state index contributed by atoms with van der Waals surface area (Å²) in [5.41, 5.74) is 0. The molecular formula is C16H27NOS. The normalized spacial score (nSPS) is 23.2. The van der Waals surface area contributed by atoms with Gasteiger partial charge in [-0.05, 0) is 51.3 Å². The second-order valence-corrected chi connectivity index (χ2v) is 7.03. The van der Waals surface area contributed by atoms with Gasteiger partial charge in [0.2, 0.25) is 0 Å². The van der Waals surface area contributed by atoms with Crippen LogP contribution in [0.25, 0.3) is 0 Å². The molecule has 1 saturated heterocycles. The highest BCUT2D eigenvalue weighted by molar-refractivity contribution is 7.11. The third-order valence-corrected chi connectivity index (χ3v) is 5.25.